The van der Waals surface area contributed by atoms with Crippen molar-refractivity contribution in [3.63, 3.8) is 0 Å². The molecule has 7 nitrogen and oxygen atoms in total. The molecule has 3 heterocycles. The van der Waals surface area contributed by atoms with Crippen LogP contribution >= 0.6 is 11.8 Å². The number of nitrogens with zero attached hydrogens (tertiary/aromatic N) is 4. The van der Waals surface area contributed by atoms with E-state index in [4.69, 9.17) is 14.4 Å². The molecule has 1 aliphatic carbocycles. The van der Waals surface area contributed by atoms with E-state index >= 15 is 0 Å². The molecule has 0 aromatic carbocycles. The van der Waals surface area contributed by atoms with Gasteiger partial charge in [-0.05, 0) is 37.9 Å². The van der Waals surface area contributed by atoms with Gasteiger partial charge in [0, 0.05) is 44.0 Å². The number of hydrogen-bond donors (Lipinski definition) is 1. The Morgan fingerprint density at radius 2 is 2.00 bits per heavy atom. The predicted octanol–water partition coefficient (Wildman–Crippen LogP) is 3.13. The molecule has 0 radical (unpaired) electrons. The van der Waals surface area contributed by atoms with Gasteiger partial charge in [-0.1, -0.05) is 25.6 Å². The van der Waals surface area contributed by atoms with Crippen molar-refractivity contribution >= 4 is 23.5 Å². The molecule has 8 heteroatoms. The van der Waals surface area contributed by atoms with Crippen LogP contribution in [-0.4, -0.2) is 60.0 Å². The average Bonchev–Trinajstić information content (AvgIpc) is 3.39. The van der Waals surface area contributed by atoms with Crippen molar-refractivity contribution in [1.29, 1.82) is 0 Å². The van der Waals surface area contributed by atoms with Crippen LogP contribution in [-0.2, 0) is 5.75 Å². The molecule has 2 aromatic heterocycles. The summed E-state index contributed by atoms with van der Waals surface area (Å²) in [6.07, 6.45) is 2.13. The van der Waals surface area contributed by atoms with Gasteiger partial charge in [0.25, 0.3) is 5.91 Å². The summed E-state index contributed by atoms with van der Waals surface area (Å²) in [6.45, 7) is 8.35. The maximum atomic E-state index is 12.1. The zero-order valence-electron chi connectivity index (χ0n) is 17.4. The zero-order chi connectivity index (χ0) is 20.4. The molecular weight excluding hydrogens is 386 g/mol. The first-order chi connectivity index (χ1) is 14.0. The summed E-state index contributed by atoms with van der Waals surface area (Å²) in [4.78, 5) is 26.3. The van der Waals surface area contributed by atoms with Crippen molar-refractivity contribution in [2.45, 2.75) is 49.6 Å². The van der Waals surface area contributed by atoms with Gasteiger partial charge in [-0.15, -0.1) is 0 Å². The maximum absolute atomic E-state index is 12.1. The number of nitrogens with one attached hydrogen (secondary N) is 1. The van der Waals surface area contributed by atoms with Crippen LogP contribution in [0.5, 0.6) is 0 Å². The standard InChI is InChI=1S/C21H29N5O2S/c1-14(2)17-12-19(26-10-8-25(3)9-11-26)24-21(23-17)29-13-16-6-7-18(28-16)20(27)22-15-4-5-15/h6-7,12,14-15H,4-5,8-11,13H2,1-3H3,(H,22,27). The van der Waals surface area contributed by atoms with Gasteiger partial charge in [-0.25, -0.2) is 9.97 Å². The summed E-state index contributed by atoms with van der Waals surface area (Å²) in [5.74, 6) is 2.95. The normalized spacial score (nSPS) is 17.7. The predicted molar refractivity (Wildman–Crippen MR) is 115 cm³/mol. The van der Waals surface area contributed by atoms with Crippen molar-refractivity contribution in [1.82, 2.24) is 20.2 Å². The van der Waals surface area contributed by atoms with E-state index in [0.717, 1.165) is 61.4 Å². The van der Waals surface area contributed by atoms with E-state index in [2.05, 4.69) is 42.1 Å². The fraction of sp³-hybridized carbons (Fsp3) is 0.571. The van der Waals surface area contributed by atoms with Crippen LogP contribution in [0.2, 0.25) is 0 Å². The van der Waals surface area contributed by atoms with E-state index in [1.807, 2.05) is 6.07 Å². The lowest BCUT2D eigenvalue weighted by Gasteiger charge is -2.33. The van der Waals surface area contributed by atoms with Crippen LogP contribution in [0.3, 0.4) is 0 Å². The summed E-state index contributed by atoms with van der Waals surface area (Å²) in [7, 11) is 2.15. The molecule has 29 heavy (non-hydrogen) atoms. The Morgan fingerprint density at radius 1 is 1.24 bits per heavy atom. The van der Waals surface area contributed by atoms with Crippen molar-refractivity contribution < 1.29 is 9.21 Å². The smallest absolute Gasteiger partial charge is 0.287 e. The number of piperazine rings is 1. The minimum absolute atomic E-state index is 0.126. The van der Waals surface area contributed by atoms with Crippen LogP contribution in [0.15, 0.2) is 27.8 Å². The van der Waals surface area contributed by atoms with Gasteiger partial charge in [0.1, 0.15) is 11.6 Å². The summed E-state index contributed by atoms with van der Waals surface area (Å²) in [6, 6.07) is 6.05. The largest absolute Gasteiger partial charge is 0.455 e. The number of hydrogen-bond acceptors (Lipinski definition) is 7. The summed E-state index contributed by atoms with van der Waals surface area (Å²) in [5, 5.41) is 3.71. The number of anilines is 1. The number of carbonyl (C=O) groups is 1. The molecule has 1 N–H and O–H groups in total. The minimum Gasteiger partial charge on any atom is -0.455 e. The molecule has 2 fully saturated rings. The quantitative estimate of drug-likeness (QED) is 0.550. The molecule has 2 aliphatic rings. The second-order valence-corrected chi connectivity index (χ2v) is 9.12. The first-order valence-electron chi connectivity index (χ1n) is 10.3. The molecule has 0 unspecified atom stereocenters. The van der Waals surface area contributed by atoms with Gasteiger partial charge in [-0.3, -0.25) is 4.79 Å². The van der Waals surface area contributed by atoms with Gasteiger partial charge < -0.3 is 19.5 Å². The maximum Gasteiger partial charge on any atom is 0.287 e. The molecule has 156 valence electrons. The molecule has 0 spiro atoms. The Balaban J connectivity index is 1.43. The van der Waals surface area contributed by atoms with Gasteiger partial charge in [-0.2, -0.15) is 0 Å². The van der Waals surface area contributed by atoms with Crippen molar-refractivity contribution in [2.75, 3.05) is 38.1 Å². The zero-order valence-corrected chi connectivity index (χ0v) is 18.2. The topological polar surface area (TPSA) is 74.5 Å². The van der Waals surface area contributed by atoms with E-state index in [1.165, 1.54) is 0 Å². The molecule has 0 atom stereocenters. The second-order valence-electron chi connectivity index (χ2n) is 8.18. The number of furan rings is 1. The fourth-order valence-corrected chi connectivity index (χ4v) is 3.94. The Labute approximate surface area is 176 Å². The van der Waals surface area contributed by atoms with Gasteiger partial charge in [0.05, 0.1) is 5.75 Å². The van der Waals surface area contributed by atoms with Crippen molar-refractivity contribution in [3.05, 3.63) is 35.4 Å². The lowest BCUT2D eigenvalue weighted by atomic mass is 10.1. The number of carbonyl (C=O) groups excluding carboxylic acids is 1. The van der Waals surface area contributed by atoms with Gasteiger partial charge in [0.15, 0.2) is 10.9 Å². The lowest BCUT2D eigenvalue weighted by molar-refractivity contribution is 0.0922. The summed E-state index contributed by atoms with van der Waals surface area (Å²) in [5.41, 5.74) is 1.06. The average molecular weight is 416 g/mol. The molecule has 1 saturated heterocycles. The van der Waals surface area contributed by atoms with E-state index in [-0.39, 0.29) is 5.91 Å². The molecule has 1 amide bonds. The number of amides is 1. The lowest BCUT2D eigenvalue weighted by Crippen LogP contribution is -2.44. The molecule has 1 aliphatic heterocycles. The Bertz CT molecular complexity index is 857. The Hall–Kier alpha value is -2.06. The number of likely N-dealkylation sites (N-methyl/N-ethyl adjacent to an activating group) is 1. The number of thioether (sulfide) groups is 1. The SMILES string of the molecule is CC(C)c1cc(N2CCN(C)CC2)nc(SCc2ccc(C(=O)NC3CC3)o2)n1. The molecule has 0 bridgehead atoms. The van der Waals surface area contributed by atoms with E-state index in [1.54, 1.807) is 17.8 Å². The molecule has 1 saturated carbocycles. The van der Waals surface area contributed by atoms with Crippen LogP contribution in [0, 0.1) is 0 Å². The van der Waals surface area contributed by atoms with Crippen LogP contribution in [0.25, 0.3) is 0 Å². The third kappa shape index (κ3) is 5.30. The third-order valence-electron chi connectivity index (χ3n) is 5.27. The highest BCUT2D eigenvalue weighted by Gasteiger charge is 2.25. The summed E-state index contributed by atoms with van der Waals surface area (Å²) < 4.78 is 5.73. The van der Waals surface area contributed by atoms with Crippen LogP contribution in [0.4, 0.5) is 5.82 Å². The fourth-order valence-electron chi connectivity index (χ4n) is 3.19. The van der Waals surface area contributed by atoms with Crippen LogP contribution < -0.4 is 10.2 Å². The first-order valence-corrected chi connectivity index (χ1v) is 11.3. The minimum atomic E-state index is -0.126. The van der Waals surface area contributed by atoms with Gasteiger partial charge >= 0.3 is 0 Å². The van der Waals surface area contributed by atoms with E-state index in [9.17, 15) is 4.79 Å². The van der Waals surface area contributed by atoms with Crippen molar-refractivity contribution in [3.8, 4) is 0 Å². The molecular formula is C21H29N5O2S. The van der Waals surface area contributed by atoms with Crippen molar-refractivity contribution in [2.24, 2.45) is 0 Å². The highest BCUT2D eigenvalue weighted by Crippen LogP contribution is 2.27. The number of aromatic nitrogens is 2. The Kier molecular flexibility index (Phi) is 6.10. The second kappa shape index (κ2) is 8.75. The van der Waals surface area contributed by atoms with Crippen LogP contribution in [0.1, 0.15) is 54.6 Å². The third-order valence-corrected chi connectivity index (χ3v) is 6.14. The van der Waals surface area contributed by atoms with Gasteiger partial charge in [0.2, 0.25) is 0 Å². The van der Waals surface area contributed by atoms with E-state index < -0.39 is 0 Å². The molecule has 4 rings (SSSR count). The first kappa shape index (κ1) is 20.2. The Morgan fingerprint density at radius 3 is 2.69 bits per heavy atom. The molecule has 2 aromatic rings. The number of rotatable bonds is 7. The monoisotopic (exact) mass is 415 g/mol. The highest BCUT2D eigenvalue weighted by atomic mass is 32.2. The summed E-state index contributed by atoms with van der Waals surface area (Å²) >= 11 is 1.55. The van der Waals surface area contributed by atoms with E-state index in [0.29, 0.717) is 23.5 Å². The highest BCUT2D eigenvalue weighted by molar-refractivity contribution is 7.98.